The average Bonchev–Trinajstić information content (AvgIpc) is 3.85. The lowest BCUT2D eigenvalue weighted by Crippen LogP contribution is -2.43. The lowest BCUT2D eigenvalue weighted by Gasteiger charge is -2.36. The summed E-state index contributed by atoms with van der Waals surface area (Å²) in [6, 6.07) is 32.2. The van der Waals surface area contributed by atoms with Crippen molar-refractivity contribution in [2.24, 2.45) is 14.1 Å². The molecule has 3 aliphatic heterocycles. The highest BCUT2D eigenvalue weighted by atomic mass is 19.4. The first-order chi connectivity index (χ1) is 35.3. The Bertz CT molecular complexity index is 3120. The summed E-state index contributed by atoms with van der Waals surface area (Å²) in [6.07, 6.45) is -3.50. The fourth-order valence-corrected chi connectivity index (χ4v) is 9.70. The zero-order valence-corrected chi connectivity index (χ0v) is 41.9. The number of carboxylic acids is 1. The molecule has 6 aromatic rings. The van der Waals surface area contributed by atoms with Crippen molar-refractivity contribution in [1.29, 1.82) is 5.26 Å². The first kappa shape index (κ1) is 52.4. The van der Waals surface area contributed by atoms with Crippen molar-refractivity contribution in [1.82, 2.24) is 23.8 Å². The van der Waals surface area contributed by atoms with Gasteiger partial charge in [0.05, 0.1) is 30.9 Å². The number of carboxylic acid groups (broad SMARTS) is 1. The summed E-state index contributed by atoms with van der Waals surface area (Å²) in [5.74, 6) is -2.34. The van der Waals surface area contributed by atoms with Crippen LogP contribution in [0.2, 0.25) is 0 Å². The second kappa shape index (κ2) is 22.1. The number of anilines is 2. The molecule has 1 saturated heterocycles. The highest BCUT2D eigenvalue weighted by Crippen LogP contribution is 2.38. The van der Waals surface area contributed by atoms with Crippen molar-refractivity contribution in [3.05, 3.63) is 153 Å². The van der Waals surface area contributed by atoms with Gasteiger partial charge in [-0.25, -0.2) is 4.79 Å². The van der Waals surface area contributed by atoms with Crippen molar-refractivity contribution in [3.8, 4) is 28.8 Å². The number of carbonyl (C=O) groups is 4. The third kappa shape index (κ3) is 11.3. The van der Waals surface area contributed by atoms with Gasteiger partial charge < -0.3 is 38.6 Å². The lowest BCUT2D eigenvalue weighted by molar-refractivity contribution is -0.192. The monoisotopic (exact) mass is 1010 g/mol. The molecule has 0 unspecified atom stereocenters. The van der Waals surface area contributed by atoms with E-state index in [1.807, 2.05) is 83.8 Å². The molecular weight excluding hydrogens is 956 g/mol. The molecule has 5 heterocycles. The van der Waals surface area contributed by atoms with Crippen LogP contribution >= 0.6 is 0 Å². The summed E-state index contributed by atoms with van der Waals surface area (Å²) in [6.45, 7) is 12.0. The summed E-state index contributed by atoms with van der Waals surface area (Å²) in [4.78, 5) is 60.8. The van der Waals surface area contributed by atoms with E-state index in [4.69, 9.17) is 19.4 Å². The first-order valence-corrected chi connectivity index (χ1v) is 24.3. The van der Waals surface area contributed by atoms with Gasteiger partial charge in [-0.1, -0.05) is 36.4 Å². The van der Waals surface area contributed by atoms with E-state index in [1.54, 1.807) is 34.7 Å². The van der Waals surface area contributed by atoms with E-state index in [0.29, 0.717) is 77.8 Å². The molecule has 386 valence electrons. The number of fused-ring (bicyclic) bond motifs is 2. The van der Waals surface area contributed by atoms with Crippen LogP contribution in [-0.4, -0.2) is 116 Å². The molecule has 0 saturated carbocycles. The second-order valence-electron chi connectivity index (χ2n) is 18.8. The van der Waals surface area contributed by atoms with E-state index < -0.39 is 12.1 Å². The molecule has 3 amide bonds. The molecule has 74 heavy (non-hydrogen) atoms. The Morgan fingerprint density at radius 2 is 1.50 bits per heavy atom. The van der Waals surface area contributed by atoms with Gasteiger partial charge in [0.2, 0.25) is 5.91 Å². The average molecular weight is 1010 g/mol. The van der Waals surface area contributed by atoms with Gasteiger partial charge in [-0.3, -0.25) is 24.2 Å². The van der Waals surface area contributed by atoms with E-state index in [0.717, 1.165) is 73.0 Å². The second-order valence-corrected chi connectivity index (χ2v) is 18.8. The van der Waals surface area contributed by atoms with Crippen molar-refractivity contribution in [3.63, 3.8) is 0 Å². The Labute approximate surface area is 427 Å². The van der Waals surface area contributed by atoms with E-state index in [2.05, 4.69) is 36.1 Å². The number of nitriles is 1. The Hall–Kier alpha value is -7.88. The maximum absolute atomic E-state index is 15.2. The van der Waals surface area contributed by atoms with Crippen LogP contribution < -0.4 is 9.64 Å². The van der Waals surface area contributed by atoms with Gasteiger partial charge in [-0.2, -0.15) is 18.4 Å². The number of phenols is 1. The van der Waals surface area contributed by atoms with Gasteiger partial charge in [-0.05, 0) is 122 Å². The summed E-state index contributed by atoms with van der Waals surface area (Å²) < 4.78 is 46.9. The normalized spacial score (nSPS) is 15.5. The van der Waals surface area contributed by atoms with Gasteiger partial charge in [0.15, 0.2) is 0 Å². The predicted octanol–water partition coefficient (Wildman–Crippen LogP) is 8.26. The topological polar surface area (TPSA) is 174 Å². The highest BCUT2D eigenvalue weighted by molar-refractivity contribution is 6.13. The number of halogens is 3. The maximum Gasteiger partial charge on any atom is 0.490 e. The van der Waals surface area contributed by atoms with Crippen LogP contribution in [0.15, 0.2) is 97.1 Å². The zero-order chi connectivity index (χ0) is 53.0. The third-order valence-electron chi connectivity index (χ3n) is 14.2. The fraction of sp³-hybridized carbons (Fsp3) is 0.339. The van der Waals surface area contributed by atoms with Crippen molar-refractivity contribution in [2.75, 3.05) is 50.9 Å². The number of hydrogen-bond donors (Lipinski definition) is 2. The number of rotatable bonds is 11. The van der Waals surface area contributed by atoms with E-state index in [-0.39, 0.29) is 35.9 Å². The Morgan fingerprint density at radius 1 is 0.824 bits per heavy atom. The van der Waals surface area contributed by atoms with Crippen LogP contribution in [0.4, 0.5) is 24.5 Å². The molecule has 1 atom stereocenters. The first-order valence-electron chi connectivity index (χ1n) is 24.3. The van der Waals surface area contributed by atoms with Crippen molar-refractivity contribution in [2.45, 2.75) is 65.3 Å². The lowest BCUT2D eigenvalue weighted by atomic mass is 9.89. The highest BCUT2D eigenvalue weighted by Gasteiger charge is 2.38. The van der Waals surface area contributed by atoms with Crippen LogP contribution in [0.25, 0.3) is 11.3 Å². The smallest absolute Gasteiger partial charge is 0.490 e. The number of phenolic OH excluding ortho intramolecular Hbond substituents is 1. The summed E-state index contributed by atoms with van der Waals surface area (Å²) in [5, 5.41) is 27.2. The minimum atomic E-state index is -5.08. The van der Waals surface area contributed by atoms with E-state index >= 15 is 9.59 Å². The standard InChI is InChI=1S/C54H57N7O6.C2HF3O2/c1-35-26-39-8-6-7-9-41(39)34-60(35)53(64)49-29-42-33-59(52(63)27-38-10-16-46(17-11-38)67-25-22-58-20-23-66-24-21-58)19-18-40(42)28-48(49)51-31-47(36(2)57(51)5)54(65)61(43-12-14-45(62)15-13-43)50-30-44(32-55)56(4)37(50)3;3-2(4,5)1(6)7/h6-17,28-31,35,62H,18-27,33-34H2,1-5H3;(H,6,7)/t35-;/m1./s1. The number of carbonyl (C=O) groups excluding carboxylic acids is 3. The molecule has 0 radical (unpaired) electrons. The van der Waals surface area contributed by atoms with Crippen molar-refractivity contribution >= 4 is 35.1 Å². The molecule has 0 bridgehead atoms. The number of aromatic hydroxyl groups is 1. The third-order valence-corrected chi connectivity index (χ3v) is 14.2. The largest absolute Gasteiger partial charge is 0.508 e. The maximum atomic E-state index is 15.2. The molecule has 1 fully saturated rings. The van der Waals surface area contributed by atoms with E-state index in [1.165, 1.54) is 17.7 Å². The number of nitrogens with zero attached hydrogens (tertiary/aromatic N) is 7. The van der Waals surface area contributed by atoms with Crippen LogP contribution in [0.3, 0.4) is 0 Å². The number of aromatic nitrogens is 2. The van der Waals surface area contributed by atoms with Crippen LogP contribution in [-0.2, 0) is 60.8 Å². The van der Waals surface area contributed by atoms with Gasteiger partial charge in [0.25, 0.3) is 11.8 Å². The van der Waals surface area contributed by atoms with Gasteiger partial charge in [-0.15, -0.1) is 0 Å². The number of aliphatic carboxylic acids is 1. The van der Waals surface area contributed by atoms with Crippen LogP contribution in [0, 0.1) is 25.2 Å². The molecule has 3 aliphatic rings. The molecule has 4 aromatic carbocycles. The van der Waals surface area contributed by atoms with E-state index in [9.17, 15) is 28.3 Å². The predicted molar refractivity (Wildman–Crippen MR) is 270 cm³/mol. The molecule has 2 N–H and O–H groups in total. The quantitative estimate of drug-likeness (QED) is 0.129. The Balaban J connectivity index is 0.000000972. The fourth-order valence-electron chi connectivity index (χ4n) is 9.70. The molecular formula is C56H58F3N7O8. The SMILES string of the molecule is Cc1c(N(C(=O)c2cc(-c3cc4c(cc3C(=O)N3Cc5ccccc5C[C@H]3C)CN(C(=O)Cc3ccc(OCCN5CCOCC5)cc3)CC4)n(C)c2C)c2ccc(O)cc2)cc(C#N)n1C.O=C(O)C(F)(F)F. The van der Waals surface area contributed by atoms with Crippen LogP contribution in [0.5, 0.6) is 11.5 Å². The Kier molecular flexibility index (Phi) is 15.6. The molecule has 9 rings (SSSR count). The molecule has 15 nitrogen and oxygen atoms in total. The van der Waals surface area contributed by atoms with Crippen molar-refractivity contribution < 1.29 is 52.0 Å². The van der Waals surface area contributed by atoms with Gasteiger partial charge in [0.1, 0.15) is 29.9 Å². The summed E-state index contributed by atoms with van der Waals surface area (Å²) in [7, 11) is 3.70. The minimum Gasteiger partial charge on any atom is -0.508 e. The number of benzene rings is 4. The van der Waals surface area contributed by atoms with Gasteiger partial charge >= 0.3 is 12.1 Å². The molecule has 0 spiro atoms. The number of ether oxygens (including phenoxy) is 2. The summed E-state index contributed by atoms with van der Waals surface area (Å²) in [5.41, 5.74) is 10.5. The zero-order valence-electron chi connectivity index (χ0n) is 41.9. The molecule has 2 aromatic heterocycles. The summed E-state index contributed by atoms with van der Waals surface area (Å²) >= 11 is 0. The number of hydrogen-bond acceptors (Lipinski definition) is 9. The number of morpholine rings is 1. The van der Waals surface area contributed by atoms with Gasteiger partial charge in [0, 0.05) is 93.3 Å². The minimum absolute atomic E-state index is 0.0137. The number of amides is 3. The van der Waals surface area contributed by atoms with Crippen LogP contribution in [0.1, 0.15) is 72.5 Å². The number of alkyl halides is 3. The molecule has 0 aliphatic carbocycles. The molecule has 18 heteroatoms. The Morgan fingerprint density at radius 3 is 2.15 bits per heavy atom.